The zero-order valence-electron chi connectivity index (χ0n) is 19.4. The van der Waals surface area contributed by atoms with Gasteiger partial charge in [-0.25, -0.2) is 0 Å². The third-order valence-electron chi connectivity index (χ3n) is 6.29. The minimum Gasteiger partial charge on any atom is -0.461 e. The number of Topliss-reactive ketones (excluding diaryl/α,β-unsaturated/α-hetero) is 1. The highest BCUT2D eigenvalue weighted by Gasteiger charge is 2.57. The highest BCUT2D eigenvalue weighted by Crippen LogP contribution is 2.46. The molecule has 0 bridgehead atoms. The summed E-state index contributed by atoms with van der Waals surface area (Å²) < 4.78 is 11.1. The van der Waals surface area contributed by atoms with Crippen molar-refractivity contribution in [2.24, 2.45) is 11.8 Å². The molecule has 1 aromatic heterocycles. The second-order valence-corrected chi connectivity index (χ2v) is 8.95. The Bertz CT molecular complexity index is 1160. The van der Waals surface area contributed by atoms with E-state index in [-0.39, 0.29) is 19.6 Å². The van der Waals surface area contributed by atoms with Gasteiger partial charge in [0, 0.05) is 24.7 Å². The molecule has 0 spiro atoms. The van der Waals surface area contributed by atoms with E-state index in [1.54, 1.807) is 18.3 Å². The third-order valence-corrected chi connectivity index (χ3v) is 6.29. The minimum absolute atomic E-state index is 0.00306. The van der Waals surface area contributed by atoms with Crippen LogP contribution >= 0.6 is 0 Å². The third kappa shape index (κ3) is 5.63. The van der Waals surface area contributed by atoms with Crippen LogP contribution < -0.4 is 0 Å². The molecule has 1 heterocycles. The van der Waals surface area contributed by atoms with Crippen molar-refractivity contribution in [3.8, 4) is 0 Å². The van der Waals surface area contributed by atoms with Crippen LogP contribution in [-0.4, -0.2) is 33.4 Å². The van der Waals surface area contributed by atoms with E-state index in [0.717, 1.165) is 11.1 Å². The first-order valence-corrected chi connectivity index (χ1v) is 11.4. The number of nitrogens with zero attached hydrogens (tertiary/aromatic N) is 1. The molecule has 1 aliphatic rings. The molecule has 1 aliphatic carbocycles. The topological polar surface area (TPSA) is 103 Å². The second-order valence-electron chi connectivity index (χ2n) is 8.95. The Morgan fingerprint density at radius 3 is 2.03 bits per heavy atom. The molecule has 35 heavy (non-hydrogen) atoms. The number of ketones is 1. The molecular weight excluding hydrogens is 446 g/mol. The number of carbonyl (C=O) groups excluding carboxylic acids is 3. The van der Waals surface area contributed by atoms with E-state index >= 15 is 0 Å². The van der Waals surface area contributed by atoms with E-state index in [0.29, 0.717) is 5.56 Å². The van der Waals surface area contributed by atoms with E-state index < -0.39 is 41.1 Å². The first-order chi connectivity index (χ1) is 16.9. The molecule has 2 aromatic carbocycles. The fraction of sp³-hybridized carbons (Fsp3) is 0.286. The first-order valence-electron chi connectivity index (χ1n) is 11.4. The summed E-state index contributed by atoms with van der Waals surface area (Å²) in [6.45, 7) is 1.42. The molecule has 0 saturated heterocycles. The lowest BCUT2D eigenvalue weighted by atomic mass is 9.62. The SMILES string of the molecule is C[C@]1(O)CC(=O)[C@H](C(=O)OCc2ccccc2)[C@@H](c2cccnc2)[C@H]1C(=O)OCc1ccccc1. The summed E-state index contributed by atoms with van der Waals surface area (Å²) in [5, 5.41) is 11.2. The van der Waals surface area contributed by atoms with Crippen molar-refractivity contribution >= 4 is 17.7 Å². The Morgan fingerprint density at radius 1 is 0.914 bits per heavy atom. The van der Waals surface area contributed by atoms with Crippen LogP contribution in [0.1, 0.15) is 36.0 Å². The van der Waals surface area contributed by atoms with Crippen LogP contribution in [-0.2, 0) is 37.1 Å². The van der Waals surface area contributed by atoms with Gasteiger partial charge < -0.3 is 14.6 Å². The molecule has 0 radical (unpaired) electrons. The predicted octanol–water partition coefficient (Wildman–Crippen LogP) is 3.61. The molecule has 7 nitrogen and oxygen atoms in total. The highest BCUT2D eigenvalue weighted by molar-refractivity contribution is 6.02. The summed E-state index contributed by atoms with van der Waals surface area (Å²) >= 11 is 0. The van der Waals surface area contributed by atoms with Crippen molar-refractivity contribution in [1.29, 1.82) is 0 Å². The molecule has 0 unspecified atom stereocenters. The average Bonchev–Trinajstić information content (AvgIpc) is 2.86. The lowest BCUT2D eigenvalue weighted by Gasteiger charge is -2.43. The highest BCUT2D eigenvalue weighted by atomic mass is 16.5. The standard InChI is InChI=1S/C28H27NO6/c1-28(33)15-22(30)24(26(31)34-17-19-9-4-2-5-10-19)23(21-13-8-14-29-16-21)25(28)27(32)35-18-20-11-6-3-7-12-20/h2-14,16,23-25,33H,15,17-18H2,1H3/t23-,24+,25+,28+/m1/s1. The van der Waals surface area contributed by atoms with Crippen molar-refractivity contribution in [2.45, 2.75) is 38.1 Å². The van der Waals surface area contributed by atoms with Gasteiger partial charge in [-0.15, -0.1) is 0 Å². The van der Waals surface area contributed by atoms with Crippen molar-refractivity contribution in [3.05, 3.63) is 102 Å². The van der Waals surface area contributed by atoms with Crippen LogP contribution in [0.3, 0.4) is 0 Å². The van der Waals surface area contributed by atoms with Gasteiger partial charge in [-0.3, -0.25) is 19.4 Å². The van der Waals surface area contributed by atoms with Gasteiger partial charge in [-0.2, -0.15) is 0 Å². The number of esters is 2. The number of ether oxygens (including phenoxy) is 2. The maximum atomic E-state index is 13.4. The lowest BCUT2D eigenvalue weighted by Crippen LogP contribution is -2.55. The van der Waals surface area contributed by atoms with Crippen molar-refractivity contribution in [1.82, 2.24) is 4.98 Å². The number of aromatic nitrogens is 1. The molecule has 1 fully saturated rings. The van der Waals surface area contributed by atoms with Crippen LogP contribution in [0.15, 0.2) is 85.2 Å². The van der Waals surface area contributed by atoms with E-state index in [1.807, 2.05) is 60.7 Å². The summed E-state index contributed by atoms with van der Waals surface area (Å²) in [4.78, 5) is 43.9. The fourth-order valence-corrected chi connectivity index (χ4v) is 4.63. The minimum atomic E-state index is -1.72. The van der Waals surface area contributed by atoms with Crippen molar-refractivity contribution < 1.29 is 29.0 Å². The molecule has 7 heteroatoms. The molecule has 4 atom stereocenters. The van der Waals surface area contributed by atoms with Gasteiger partial charge in [-0.05, 0) is 29.7 Å². The van der Waals surface area contributed by atoms with Gasteiger partial charge in [0.1, 0.15) is 19.1 Å². The molecule has 3 aromatic rings. The van der Waals surface area contributed by atoms with E-state index in [2.05, 4.69) is 4.98 Å². The number of pyridine rings is 1. The van der Waals surface area contributed by atoms with Crippen molar-refractivity contribution in [3.63, 3.8) is 0 Å². The van der Waals surface area contributed by atoms with Gasteiger partial charge in [-0.1, -0.05) is 66.7 Å². The number of rotatable bonds is 7. The Morgan fingerprint density at radius 2 is 1.49 bits per heavy atom. The molecule has 0 aliphatic heterocycles. The van der Waals surface area contributed by atoms with E-state index in [9.17, 15) is 19.5 Å². The van der Waals surface area contributed by atoms with E-state index in [1.165, 1.54) is 13.1 Å². The maximum Gasteiger partial charge on any atom is 0.317 e. The van der Waals surface area contributed by atoms with Gasteiger partial charge in [0.25, 0.3) is 0 Å². The van der Waals surface area contributed by atoms with Crippen LogP contribution in [0.5, 0.6) is 0 Å². The number of benzene rings is 2. The summed E-state index contributed by atoms with van der Waals surface area (Å²) in [5.41, 5.74) is 0.308. The zero-order chi connectivity index (χ0) is 24.8. The van der Waals surface area contributed by atoms with Crippen LogP contribution in [0.25, 0.3) is 0 Å². The summed E-state index contributed by atoms with van der Waals surface area (Å²) in [6, 6.07) is 21.6. The monoisotopic (exact) mass is 473 g/mol. The van der Waals surface area contributed by atoms with Crippen molar-refractivity contribution in [2.75, 3.05) is 0 Å². The van der Waals surface area contributed by atoms with Gasteiger partial charge >= 0.3 is 11.9 Å². The number of carbonyl (C=O) groups is 3. The Hall–Kier alpha value is -3.84. The molecule has 1 N–H and O–H groups in total. The van der Waals surface area contributed by atoms with Crippen LogP contribution in [0.4, 0.5) is 0 Å². The van der Waals surface area contributed by atoms with Gasteiger partial charge in [0.15, 0.2) is 5.78 Å². The van der Waals surface area contributed by atoms with Crippen LogP contribution in [0.2, 0.25) is 0 Å². The first kappa shape index (κ1) is 24.3. The Labute approximate surface area is 203 Å². The van der Waals surface area contributed by atoms with E-state index in [4.69, 9.17) is 9.47 Å². The Kier molecular flexibility index (Phi) is 7.36. The maximum absolute atomic E-state index is 13.4. The predicted molar refractivity (Wildman–Crippen MR) is 127 cm³/mol. The van der Waals surface area contributed by atoms with Gasteiger partial charge in [0.2, 0.25) is 0 Å². The largest absolute Gasteiger partial charge is 0.461 e. The zero-order valence-corrected chi connectivity index (χ0v) is 19.4. The second kappa shape index (κ2) is 10.6. The fourth-order valence-electron chi connectivity index (χ4n) is 4.63. The summed E-state index contributed by atoms with van der Waals surface area (Å²) in [7, 11) is 0. The molecule has 0 amide bonds. The quantitative estimate of drug-likeness (QED) is 0.413. The number of hydrogen-bond acceptors (Lipinski definition) is 7. The smallest absolute Gasteiger partial charge is 0.317 e. The Balaban J connectivity index is 1.64. The lowest BCUT2D eigenvalue weighted by molar-refractivity contribution is -0.174. The number of aliphatic hydroxyl groups is 1. The summed E-state index contributed by atoms with van der Waals surface area (Å²) in [6.07, 6.45) is 2.67. The molecular formula is C28H27NO6. The number of hydrogen-bond donors (Lipinski definition) is 1. The van der Waals surface area contributed by atoms with Crippen LogP contribution in [0, 0.1) is 11.8 Å². The molecule has 4 rings (SSSR count). The average molecular weight is 474 g/mol. The van der Waals surface area contributed by atoms with Gasteiger partial charge in [0.05, 0.1) is 11.5 Å². The normalized spacial score (nSPS) is 23.9. The summed E-state index contributed by atoms with van der Waals surface area (Å²) in [5.74, 6) is -5.38. The molecule has 1 saturated carbocycles. The molecule has 180 valence electrons.